The Kier molecular flexibility index (Phi) is 5.08. The third kappa shape index (κ3) is 5.28. The van der Waals surface area contributed by atoms with Crippen LogP contribution >= 0.6 is 11.3 Å². The highest BCUT2D eigenvalue weighted by Gasteiger charge is 2.22. The van der Waals surface area contributed by atoms with E-state index in [0.29, 0.717) is 18.0 Å². The molecule has 96 valence electrons. The Morgan fingerprint density at radius 1 is 1.65 bits per heavy atom. The smallest absolute Gasteiger partial charge is 0.270 e. The molecule has 5 heteroatoms. The summed E-state index contributed by atoms with van der Waals surface area (Å²) in [6, 6.07) is 0. The van der Waals surface area contributed by atoms with Gasteiger partial charge in [0, 0.05) is 11.9 Å². The van der Waals surface area contributed by atoms with E-state index in [9.17, 15) is 9.90 Å². The molecule has 1 aromatic heterocycles. The normalized spacial score (nSPS) is 14.6. The van der Waals surface area contributed by atoms with Crippen LogP contribution in [0, 0.1) is 5.92 Å². The maximum atomic E-state index is 11.6. The van der Waals surface area contributed by atoms with Gasteiger partial charge in [-0.2, -0.15) is 0 Å². The van der Waals surface area contributed by atoms with Crippen molar-refractivity contribution < 1.29 is 9.90 Å². The lowest BCUT2D eigenvalue weighted by Crippen LogP contribution is -2.40. The van der Waals surface area contributed by atoms with Crippen LogP contribution in [0.25, 0.3) is 0 Å². The van der Waals surface area contributed by atoms with Crippen molar-refractivity contribution in [2.45, 2.75) is 39.2 Å². The second kappa shape index (κ2) is 6.12. The number of nitrogens with zero attached hydrogens (tertiary/aromatic N) is 1. The maximum absolute atomic E-state index is 11.6. The largest absolute Gasteiger partial charge is 0.388 e. The number of nitrogens with one attached hydrogen (secondary N) is 1. The molecule has 1 atom stereocenters. The van der Waals surface area contributed by atoms with E-state index in [2.05, 4.69) is 24.1 Å². The number of carbonyl (C=O) groups excluding carboxylic acids is 1. The molecule has 0 bridgehead atoms. The number of aliphatic hydroxyl groups is 1. The highest BCUT2D eigenvalue weighted by molar-refractivity contribution is 7.07. The summed E-state index contributed by atoms with van der Waals surface area (Å²) in [7, 11) is 0. The minimum Gasteiger partial charge on any atom is -0.388 e. The van der Waals surface area contributed by atoms with Crippen molar-refractivity contribution in [1.82, 2.24) is 10.3 Å². The zero-order valence-corrected chi connectivity index (χ0v) is 11.4. The monoisotopic (exact) mass is 256 g/mol. The van der Waals surface area contributed by atoms with E-state index < -0.39 is 5.60 Å². The topological polar surface area (TPSA) is 62.2 Å². The lowest BCUT2D eigenvalue weighted by Gasteiger charge is -2.24. The van der Waals surface area contributed by atoms with Crippen molar-refractivity contribution in [3.05, 3.63) is 16.6 Å². The zero-order valence-electron chi connectivity index (χ0n) is 10.6. The van der Waals surface area contributed by atoms with Crippen LogP contribution in [0.2, 0.25) is 0 Å². The Morgan fingerprint density at radius 3 is 2.88 bits per heavy atom. The van der Waals surface area contributed by atoms with Gasteiger partial charge in [0.25, 0.3) is 5.91 Å². The van der Waals surface area contributed by atoms with Crippen LogP contribution < -0.4 is 5.32 Å². The highest BCUT2D eigenvalue weighted by Crippen LogP contribution is 2.15. The molecule has 0 aliphatic rings. The van der Waals surface area contributed by atoms with E-state index in [-0.39, 0.29) is 12.5 Å². The summed E-state index contributed by atoms with van der Waals surface area (Å²) in [5.74, 6) is 0.326. The Labute approximate surface area is 106 Å². The minimum atomic E-state index is -0.851. The first-order valence-corrected chi connectivity index (χ1v) is 6.74. The van der Waals surface area contributed by atoms with Crippen LogP contribution in [0.3, 0.4) is 0 Å². The summed E-state index contributed by atoms with van der Waals surface area (Å²) in [6.45, 7) is 6.24. The summed E-state index contributed by atoms with van der Waals surface area (Å²) < 4.78 is 0. The minimum absolute atomic E-state index is 0.226. The SMILES string of the molecule is CC(C)CCC(C)(O)CNC(=O)c1cscn1. The molecule has 1 rings (SSSR count). The summed E-state index contributed by atoms with van der Waals surface area (Å²) in [5, 5.41) is 14.5. The molecule has 0 saturated carbocycles. The van der Waals surface area contributed by atoms with E-state index in [4.69, 9.17) is 0 Å². The van der Waals surface area contributed by atoms with Gasteiger partial charge >= 0.3 is 0 Å². The first-order chi connectivity index (χ1) is 7.91. The lowest BCUT2D eigenvalue weighted by atomic mass is 9.95. The average Bonchev–Trinajstić information content (AvgIpc) is 2.77. The van der Waals surface area contributed by atoms with Gasteiger partial charge in [0.05, 0.1) is 11.1 Å². The van der Waals surface area contributed by atoms with Crippen LogP contribution in [-0.4, -0.2) is 28.1 Å². The summed E-state index contributed by atoms with van der Waals surface area (Å²) in [5.41, 5.74) is 1.18. The molecule has 4 nitrogen and oxygen atoms in total. The fraction of sp³-hybridized carbons (Fsp3) is 0.667. The summed E-state index contributed by atoms with van der Waals surface area (Å²) in [6.07, 6.45) is 1.63. The predicted molar refractivity (Wildman–Crippen MR) is 69.1 cm³/mol. The molecule has 0 aromatic carbocycles. The van der Waals surface area contributed by atoms with Crippen molar-refractivity contribution in [2.24, 2.45) is 5.92 Å². The molecular weight excluding hydrogens is 236 g/mol. The van der Waals surface area contributed by atoms with Gasteiger partial charge in [-0.05, 0) is 25.7 Å². The predicted octanol–water partition coefficient (Wildman–Crippen LogP) is 2.06. The lowest BCUT2D eigenvalue weighted by molar-refractivity contribution is 0.0428. The van der Waals surface area contributed by atoms with Gasteiger partial charge in [-0.15, -0.1) is 11.3 Å². The van der Waals surface area contributed by atoms with Gasteiger partial charge in [0.15, 0.2) is 0 Å². The third-order valence-corrected chi connectivity index (χ3v) is 3.14. The Hall–Kier alpha value is -0.940. The first-order valence-electron chi connectivity index (χ1n) is 5.79. The van der Waals surface area contributed by atoms with Crippen molar-refractivity contribution >= 4 is 17.2 Å². The summed E-state index contributed by atoms with van der Waals surface area (Å²) >= 11 is 1.38. The molecule has 0 radical (unpaired) electrons. The molecule has 0 aliphatic carbocycles. The molecule has 2 N–H and O–H groups in total. The number of rotatable bonds is 6. The van der Waals surface area contributed by atoms with E-state index in [0.717, 1.165) is 6.42 Å². The number of amides is 1. The van der Waals surface area contributed by atoms with Gasteiger partial charge in [-0.1, -0.05) is 13.8 Å². The van der Waals surface area contributed by atoms with Gasteiger partial charge in [-0.3, -0.25) is 4.79 Å². The molecule has 0 fully saturated rings. The second-order valence-corrected chi connectivity index (χ2v) is 5.70. The molecule has 1 aromatic rings. The van der Waals surface area contributed by atoms with Crippen LogP contribution in [-0.2, 0) is 0 Å². The van der Waals surface area contributed by atoms with Crippen molar-refractivity contribution in [2.75, 3.05) is 6.54 Å². The first kappa shape index (κ1) is 14.1. The molecule has 1 amide bonds. The fourth-order valence-corrected chi connectivity index (χ4v) is 1.91. The number of hydrogen-bond acceptors (Lipinski definition) is 4. The molecule has 17 heavy (non-hydrogen) atoms. The van der Waals surface area contributed by atoms with Crippen molar-refractivity contribution in [3.8, 4) is 0 Å². The van der Waals surface area contributed by atoms with E-state index in [1.54, 1.807) is 17.8 Å². The van der Waals surface area contributed by atoms with Crippen LogP contribution in [0.15, 0.2) is 10.9 Å². The maximum Gasteiger partial charge on any atom is 0.270 e. The quantitative estimate of drug-likeness (QED) is 0.819. The molecule has 0 aliphatic heterocycles. The third-order valence-electron chi connectivity index (χ3n) is 2.56. The molecular formula is C12H20N2O2S. The van der Waals surface area contributed by atoms with E-state index >= 15 is 0 Å². The van der Waals surface area contributed by atoms with Gasteiger partial charge in [-0.25, -0.2) is 4.98 Å². The molecule has 1 unspecified atom stereocenters. The standard InChI is InChI=1S/C12H20N2O2S/c1-9(2)4-5-12(3,16)7-13-11(15)10-6-17-8-14-10/h6,8-9,16H,4-5,7H2,1-3H3,(H,13,15). The highest BCUT2D eigenvalue weighted by atomic mass is 32.1. The Morgan fingerprint density at radius 2 is 2.35 bits per heavy atom. The van der Waals surface area contributed by atoms with Gasteiger partial charge < -0.3 is 10.4 Å². The number of thiazole rings is 1. The van der Waals surface area contributed by atoms with E-state index in [1.807, 2.05) is 0 Å². The van der Waals surface area contributed by atoms with Crippen LogP contribution in [0.1, 0.15) is 44.1 Å². The van der Waals surface area contributed by atoms with Gasteiger partial charge in [0.2, 0.25) is 0 Å². The second-order valence-electron chi connectivity index (χ2n) is 4.99. The zero-order chi connectivity index (χ0) is 12.9. The van der Waals surface area contributed by atoms with E-state index in [1.165, 1.54) is 11.3 Å². The molecule has 0 saturated heterocycles. The van der Waals surface area contributed by atoms with Crippen molar-refractivity contribution in [1.29, 1.82) is 0 Å². The summed E-state index contributed by atoms with van der Waals surface area (Å²) in [4.78, 5) is 15.5. The van der Waals surface area contributed by atoms with Gasteiger partial charge in [0.1, 0.15) is 5.69 Å². The molecule has 1 heterocycles. The fourth-order valence-electron chi connectivity index (χ4n) is 1.37. The average molecular weight is 256 g/mol. The number of hydrogen-bond donors (Lipinski definition) is 2. The van der Waals surface area contributed by atoms with Crippen molar-refractivity contribution in [3.63, 3.8) is 0 Å². The number of carbonyl (C=O) groups is 1. The number of aromatic nitrogens is 1. The van der Waals surface area contributed by atoms with Crippen LogP contribution in [0.4, 0.5) is 0 Å². The molecule has 0 spiro atoms. The Bertz CT molecular complexity index is 347. The van der Waals surface area contributed by atoms with Crippen LogP contribution in [0.5, 0.6) is 0 Å². The Balaban J connectivity index is 2.36.